The van der Waals surface area contributed by atoms with Crippen LogP contribution in [0, 0.1) is 6.92 Å². The molecule has 1 N–H and O–H groups in total. The van der Waals surface area contributed by atoms with E-state index in [1.54, 1.807) is 11.8 Å². The summed E-state index contributed by atoms with van der Waals surface area (Å²) < 4.78 is 0. The van der Waals surface area contributed by atoms with Gasteiger partial charge in [0.15, 0.2) is 5.43 Å². The van der Waals surface area contributed by atoms with Crippen LogP contribution in [0.4, 0.5) is 0 Å². The van der Waals surface area contributed by atoms with Gasteiger partial charge in [0, 0.05) is 50.7 Å². The van der Waals surface area contributed by atoms with E-state index in [0.717, 1.165) is 25.3 Å². The maximum atomic E-state index is 12.5. The summed E-state index contributed by atoms with van der Waals surface area (Å²) in [6.07, 6.45) is 5.79. The molecule has 0 atom stereocenters. The average Bonchev–Trinajstić information content (AvgIpc) is 2.63. The van der Waals surface area contributed by atoms with Crippen molar-refractivity contribution >= 4 is 12.0 Å². The Morgan fingerprint density at radius 3 is 2.56 bits per heavy atom. The molecule has 25 heavy (non-hydrogen) atoms. The number of carbonyl (C=O) groups is 1. The number of aryl methyl sites for hydroxylation is 1. The lowest BCUT2D eigenvalue weighted by Crippen LogP contribution is -2.49. The van der Waals surface area contributed by atoms with Crippen LogP contribution in [0.2, 0.25) is 0 Å². The van der Waals surface area contributed by atoms with Gasteiger partial charge in [0.25, 0.3) is 5.91 Å². The van der Waals surface area contributed by atoms with Crippen molar-refractivity contribution in [3.8, 4) is 0 Å². The van der Waals surface area contributed by atoms with Gasteiger partial charge in [-0.05, 0) is 12.5 Å². The van der Waals surface area contributed by atoms with Gasteiger partial charge in [-0.3, -0.25) is 14.5 Å². The Balaban J connectivity index is 1.52. The molecule has 0 spiro atoms. The first kappa shape index (κ1) is 17.2. The molecule has 1 aromatic carbocycles. The molecule has 0 radical (unpaired) electrons. The van der Waals surface area contributed by atoms with Gasteiger partial charge < -0.3 is 9.88 Å². The van der Waals surface area contributed by atoms with E-state index in [9.17, 15) is 9.59 Å². The highest BCUT2D eigenvalue weighted by Gasteiger charge is 2.23. The Bertz CT molecular complexity index is 803. The van der Waals surface area contributed by atoms with Gasteiger partial charge in [-0.25, -0.2) is 0 Å². The van der Waals surface area contributed by atoms with Crippen LogP contribution in [0.25, 0.3) is 6.08 Å². The molecular weight excluding hydrogens is 314 g/mol. The van der Waals surface area contributed by atoms with Crippen LogP contribution >= 0.6 is 0 Å². The predicted octanol–water partition coefficient (Wildman–Crippen LogP) is 2.15. The molecule has 2 heterocycles. The van der Waals surface area contributed by atoms with Gasteiger partial charge in [0.05, 0.1) is 0 Å². The minimum atomic E-state index is -0.213. The van der Waals surface area contributed by atoms with Gasteiger partial charge in [-0.15, -0.1) is 0 Å². The molecule has 1 aliphatic heterocycles. The van der Waals surface area contributed by atoms with Crippen molar-refractivity contribution in [3.05, 3.63) is 75.7 Å². The summed E-state index contributed by atoms with van der Waals surface area (Å²) in [7, 11) is 0. The number of H-pyrrole nitrogens is 1. The summed E-state index contributed by atoms with van der Waals surface area (Å²) in [5.74, 6) is -0.180. The Labute approximate surface area is 147 Å². The van der Waals surface area contributed by atoms with Crippen LogP contribution in [-0.2, 0) is 0 Å². The molecule has 0 unspecified atom stereocenters. The normalized spacial score (nSPS) is 15.6. The molecule has 2 aromatic rings. The molecule has 0 saturated carbocycles. The topological polar surface area (TPSA) is 56.4 Å². The third kappa shape index (κ3) is 4.45. The third-order valence-corrected chi connectivity index (χ3v) is 4.42. The molecule has 1 saturated heterocycles. The number of nitrogens with zero attached hydrogens (tertiary/aromatic N) is 2. The number of hydrogen-bond donors (Lipinski definition) is 1. The maximum Gasteiger partial charge on any atom is 0.259 e. The number of piperazine rings is 1. The largest absolute Gasteiger partial charge is 0.364 e. The molecule has 0 aliphatic carbocycles. The minimum absolute atomic E-state index is 0.180. The molecule has 0 bridgehead atoms. The van der Waals surface area contributed by atoms with Crippen molar-refractivity contribution < 1.29 is 4.79 Å². The van der Waals surface area contributed by atoms with Crippen LogP contribution in [0.1, 0.15) is 21.6 Å². The predicted molar refractivity (Wildman–Crippen MR) is 99.6 cm³/mol. The Morgan fingerprint density at radius 2 is 1.88 bits per heavy atom. The van der Waals surface area contributed by atoms with Crippen LogP contribution in [0.5, 0.6) is 0 Å². The Hall–Kier alpha value is -2.66. The number of nitrogens with one attached hydrogen (secondary N) is 1. The molecule has 1 fully saturated rings. The molecule has 1 amide bonds. The van der Waals surface area contributed by atoms with Gasteiger partial charge in [-0.1, -0.05) is 42.5 Å². The molecular formula is C20H23N3O2. The second-order valence-electron chi connectivity index (χ2n) is 6.30. The lowest BCUT2D eigenvalue weighted by Gasteiger charge is -2.34. The number of hydrogen-bond acceptors (Lipinski definition) is 3. The monoisotopic (exact) mass is 337 g/mol. The number of rotatable bonds is 4. The zero-order chi connectivity index (χ0) is 17.6. The van der Waals surface area contributed by atoms with E-state index >= 15 is 0 Å². The van der Waals surface area contributed by atoms with Gasteiger partial charge in [-0.2, -0.15) is 0 Å². The molecule has 1 aliphatic rings. The van der Waals surface area contributed by atoms with Crippen molar-refractivity contribution in [2.45, 2.75) is 6.92 Å². The summed E-state index contributed by atoms with van der Waals surface area (Å²) in [5, 5.41) is 0. The van der Waals surface area contributed by atoms with Crippen molar-refractivity contribution in [1.29, 1.82) is 0 Å². The first-order valence-electron chi connectivity index (χ1n) is 8.56. The smallest absolute Gasteiger partial charge is 0.259 e. The standard InChI is InChI=1S/C20H23N3O2/c1-16-14-19(24)18(15-21-16)20(25)23-12-10-22(11-13-23)9-5-8-17-6-3-2-4-7-17/h2-8,14-15H,9-13H2,1H3,(H,21,24)/b8-5+. The zero-order valence-electron chi connectivity index (χ0n) is 14.4. The molecule has 5 heteroatoms. The summed E-state index contributed by atoms with van der Waals surface area (Å²) in [6.45, 7) is 5.58. The van der Waals surface area contributed by atoms with Crippen molar-refractivity contribution in [2.75, 3.05) is 32.7 Å². The van der Waals surface area contributed by atoms with E-state index in [1.807, 2.05) is 18.2 Å². The van der Waals surface area contributed by atoms with E-state index < -0.39 is 0 Å². The van der Waals surface area contributed by atoms with Crippen LogP contribution in [-0.4, -0.2) is 53.4 Å². The van der Waals surface area contributed by atoms with E-state index in [0.29, 0.717) is 13.1 Å². The number of aromatic amines is 1. The van der Waals surface area contributed by atoms with Crippen molar-refractivity contribution in [1.82, 2.24) is 14.8 Å². The molecule has 3 rings (SSSR count). The summed E-state index contributed by atoms with van der Waals surface area (Å²) in [5.41, 5.74) is 1.96. The SMILES string of the molecule is Cc1cc(=O)c(C(=O)N2CCN(C/C=C/c3ccccc3)CC2)c[nH]1. The maximum absolute atomic E-state index is 12.5. The van der Waals surface area contributed by atoms with E-state index in [1.165, 1.54) is 17.8 Å². The lowest BCUT2D eigenvalue weighted by molar-refractivity contribution is 0.0648. The number of pyridine rings is 1. The van der Waals surface area contributed by atoms with Gasteiger partial charge in [0.1, 0.15) is 5.56 Å². The lowest BCUT2D eigenvalue weighted by atomic mass is 10.2. The summed E-state index contributed by atoms with van der Waals surface area (Å²) in [6, 6.07) is 11.7. The highest BCUT2D eigenvalue weighted by Crippen LogP contribution is 2.07. The van der Waals surface area contributed by atoms with Gasteiger partial charge in [0.2, 0.25) is 0 Å². The number of benzene rings is 1. The fourth-order valence-electron chi connectivity index (χ4n) is 2.95. The molecule has 130 valence electrons. The average molecular weight is 337 g/mol. The quantitative estimate of drug-likeness (QED) is 0.930. The fourth-order valence-corrected chi connectivity index (χ4v) is 2.95. The van der Waals surface area contributed by atoms with Crippen LogP contribution in [0.3, 0.4) is 0 Å². The van der Waals surface area contributed by atoms with Crippen molar-refractivity contribution in [3.63, 3.8) is 0 Å². The Morgan fingerprint density at radius 1 is 1.16 bits per heavy atom. The molecule has 5 nitrogen and oxygen atoms in total. The van der Waals surface area contributed by atoms with Gasteiger partial charge >= 0.3 is 0 Å². The number of amides is 1. The minimum Gasteiger partial charge on any atom is -0.364 e. The second kappa shape index (κ2) is 7.94. The van der Waals surface area contributed by atoms with E-state index in [4.69, 9.17) is 0 Å². The molecule has 1 aromatic heterocycles. The number of aromatic nitrogens is 1. The second-order valence-corrected chi connectivity index (χ2v) is 6.30. The summed E-state index contributed by atoms with van der Waals surface area (Å²) in [4.78, 5) is 31.5. The fraction of sp³-hybridized carbons (Fsp3) is 0.300. The number of carbonyl (C=O) groups excluding carboxylic acids is 1. The third-order valence-electron chi connectivity index (χ3n) is 4.42. The first-order valence-corrected chi connectivity index (χ1v) is 8.56. The van der Waals surface area contributed by atoms with Crippen LogP contribution < -0.4 is 5.43 Å². The van der Waals surface area contributed by atoms with E-state index in [-0.39, 0.29) is 16.9 Å². The Kier molecular flexibility index (Phi) is 5.46. The van der Waals surface area contributed by atoms with Crippen LogP contribution in [0.15, 0.2) is 53.5 Å². The first-order chi connectivity index (χ1) is 12.1. The van der Waals surface area contributed by atoms with Crippen molar-refractivity contribution in [2.24, 2.45) is 0 Å². The zero-order valence-corrected chi connectivity index (χ0v) is 14.4. The summed E-state index contributed by atoms with van der Waals surface area (Å²) >= 11 is 0. The van der Waals surface area contributed by atoms with E-state index in [2.05, 4.69) is 34.2 Å². The highest BCUT2D eigenvalue weighted by molar-refractivity contribution is 5.93. The highest BCUT2D eigenvalue weighted by atomic mass is 16.2.